The zero-order chi connectivity index (χ0) is 10.8. The third-order valence-corrected chi connectivity index (χ3v) is 2.85. The van der Waals surface area contributed by atoms with Gasteiger partial charge < -0.3 is 9.72 Å². The predicted octanol–water partition coefficient (Wildman–Crippen LogP) is 1.35. The fourth-order valence-electron chi connectivity index (χ4n) is 1.83. The fraction of sp³-hybridized carbons (Fsp3) is 0.455. The summed E-state index contributed by atoms with van der Waals surface area (Å²) in [7, 11) is 0. The standard InChI is InChI=1S/C11H13NO3/c1-7-9(5-13)4-12-10(7)11(14)8-2-3-15-6-8/h4-5,8,12H,2-3,6H2,1H3. The van der Waals surface area contributed by atoms with E-state index in [1.165, 1.54) is 0 Å². The van der Waals surface area contributed by atoms with Gasteiger partial charge in [-0.3, -0.25) is 9.59 Å². The van der Waals surface area contributed by atoms with Gasteiger partial charge in [0.2, 0.25) is 0 Å². The molecule has 1 aromatic heterocycles. The van der Waals surface area contributed by atoms with Crippen LogP contribution in [0.2, 0.25) is 0 Å². The largest absolute Gasteiger partial charge is 0.381 e. The molecule has 15 heavy (non-hydrogen) atoms. The lowest BCUT2D eigenvalue weighted by molar-refractivity contribution is 0.0895. The first kappa shape index (κ1) is 10.1. The first-order valence-electron chi connectivity index (χ1n) is 4.99. The molecule has 0 aliphatic carbocycles. The molecule has 0 aromatic carbocycles. The van der Waals surface area contributed by atoms with E-state index in [1.54, 1.807) is 13.1 Å². The average molecular weight is 207 g/mol. The quantitative estimate of drug-likeness (QED) is 0.601. The molecule has 4 nitrogen and oxygen atoms in total. The van der Waals surface area contributed by atoms with Gasteiger partial charge in [-0.1, -0.05) is 0 Å². The lowest BCUT2D eigenvalue weighted by atomic mass is 9.98. The Kier molecular flexibility index (Phi) is 2.68. The number of aromatic amines is 1. The lowest BCUT2D eigenvalue weighted by Gasteiger charge is -2.05. The van der Waals surface area contributed by atoms with Crippen LogP contribution < -0.4 is 0 Å². The van der Waals surface area contributed by atoms with Gasteiger partial charge in [-0.15, -0.1) is 0 Å². The molecule has 2 rings (SSSR count). The molecule has 1 fully saturated rings. The number of hydrogen-bond donors (Lipinski definition) is 1. The van der Waals surface area contributed by atoms with Gasteiger partial charge in [0, 0.05) is 24.3 Å². The van der Waals surface area contributed by atoms with E-state index in [2.05, 4.69) is 4.98 Å². The summed E-state index contributed by atoms with van der Waals surface area (Å²) in [4.78, 5) is 25.5. The van der Waals surface area contributed by atoms with Crippen LogP contribution in [0, 0.1) is 12.8 Å². The van der Waals surface area contributed by atoms with Crippen molar-refractivity contribution in [3.05, 3.63) is 23.0 Å². The number of rotatable bonds is 3. The van der Waals surface area contributed by atoms with Crippen molar-refractivity contribution in [3.8, 4) is 0 Å². The van der Waals surface area contributed by atoms with E-state index in [-0.39, 0.29) is 11.7 Å². The predicted molar refractivity (Wildman–Crippen MR) is 54.2 cm³/mol. The molecule has 1 atom stereocenters. The Bertz CT molecular complexity index is 389. The van der Waals surface area contributed by atoms with Gasteiger partial charge in [-0.25, -0.2) is 0 Å². The number of Topliss-reactive ketones (excluding diaryl/α,β-unsaturated/α-hetero) is 1. The summed E-state index contributed by atoms with van der Waals surface area (Å²) in [5, 5.41) is 0. The maximum atomic E-state index is 12.0. The molecule has 0 radical (unpaired) electrons. The van der Waals surface area contributed by atoms with Crippen LogP contribution in [0.3, 0.4) is 0 Å². The molecule has 4 heteroatoms. The van der Waals surface area contributed by atoms with Crippen molar-refractivity contribution >= 4 is 12.1 Å². The summed E-state index contributed by atoms with van der Waals surface area (Å²) in [6.07, 6.45) is 3.10. The minimum atomic E-state index is -0.0538. The van der Waals surface area contributed by atoms with Crippen LogP contribution in [0.1, 0.15) is 32.8 Å². The Morgan fingerprint density at radius 3 is 3.00 bits per heavy atom. The summed E-state index contributed by atoms with van der Waals surface area (Å²) in [5.41, 5.74) is 1.84. The van der Waals surface area contributed by atoms with E-state index in [1.807, 2.05) is 0 Å². The summed E-state index contributed by atoms with van der Waals surface area (Å²) in [6, 6.07) is 0. The van der Waals surface area contributed by atoms with Crippen LogP contribution in [-0.4, -0.2) is 30.3 Å². The molecule has 1 aromatic rings. The molecule has 1 N–H and O–H groups in total. The molecule has 0 amide bonds. The number of carbonyl (C=O) groups excluding carboxylic acids is 2. The maximum Gasteiger partial charge on any atom is 0.184 e. The van der Waals surface area contributed by atoms with Gasteiger partial charge in [-0.05, 0) is 18.9 Å². The Labute approximate surface area is 87.6 Å². The third-order valence-electron chi connectivity index (χ3n) is 2.85. The van der Waals surface area contributed by atoms with Gasteiger partial charge in [0.05, 0.1) is 12.3 Å². The van der Waals surface area contributed by atoms with E-state index in [0.29, 0.717) is 24.5 Å². The molecule has 0 saturated carbocycles. The van der Waals surface area contributed by atoms with Crippen LogP contribution in [0.5, 0.6) is 0 Å². The fourth-order valence-corrected chi connectivity index (χ4v) is 1.83. The first-order valence-corrected chi connectivity index (χ1v) is 4.99. The highest BCUT2D eigenvalue weighted by atomic mass is 16.5. The molecule has 1 aliphatic rings. The molecule has 0 spiro atoms. The number of nitrogens with one attached hydrogen (secondary N) is 1. The van der Waals surface area contributed by atoms with E-state index in [4.69, 9.17) is 4.74 Å². The summed E-state index contributed by atoms with van der Waals surface area (Å²) in [5.74, 6) is -0.0000444. The second-order valence-electron chi connectivity index (χ2n) is 3.79. The highest BCUT2D eigenvalue weighted by molar-refractivity contribution is 5.99. The van der Waals surface area contributed by atoms with Crippen molar-refractivity contribution in [2.75, 3.05) is 13.2 Å². The number of aldehydes is 1. The molecule has 2 heterocycles. The monoisotopic (exact) mass is 207 g/mol. The lowest BCUT2D eigenvalue weighted by Crippen LogP contribution is -2.16. The number of ketones is 1. The van der Waals surface area contributed by atoms with Gasteiger partial charge >= 0.3 is 0 Å². The van der Waals surface area contributed by atoms with Gasteiger partial charge in [0.25, 0.3) is 0 Å². The first-order chi connectivity index (χ1) is 7.24. The van der Waals surface area contributed by atoms with E-state index < -0.39 is 0 Å². The molecule has 0 bridgehead atoms. The number of hydrogen-bond acceptors (Lipinski definition) is 3. The zero-order valence-corrected chi connectivity index (χ0v) is 8.58. The molecule has 1 aliphatic heterocycles. The second-order valence-corrected chi connectivity index (χ2v) is 3.79. The summed E-state index contributed by atoms with van der Waals surface area (Å²) >= 11 is 0. The van der Waals surface area contributed by atoms with Crippen LogP contribution in [0.4, 0.5) is 0 Å². The van der Waals surface area contributed by atoms with Crippen molar-refractivity contribution in [2.24, 2.45) is 5.92 Å². The molecular weight excluding hydrogens is 194 g/mol. The van der Waals surface area contributed by atoms with Crippen molar-refractivity contribution < 1.29 is 14.3 Å². The summed E-state index contributed by atoms with van der Waals surface area (Å²) in [6.45, 7) is 2.92. The van der Waals surface area contributed by atoms with E-state index >= 15 is 0 Å². The topological polar surface area (TPSA) is 59.2 Å². The molecule has 1 unspecified atom stereocenters. The van der Waals surface area contributed by atoms with Crippen LogP contribution in [0.25, 0.3) is 0 Å². The van der Waals surface area contributed by atoms with Crippen LogP contribution >= 0.6 is 0 Å². The maximum absolute atomic E-state index is 12.0. The average Bonchev–Trinajstić information content (AvgIpc) is 2.85. The van der Waals surface area contributed by atoms with Crippen molar-refractivity contribution in [2.45, 2.75) is 13.3 Å². The Balaban J connectivity index is 2.24. The van der Waals surface area contributed by atoms with Crippen molar-refractivity contribution in [3.63, 3.8) is 0 Å². The second kappa shape index (κ2) is 3.98. The molecule has 80 valence electrons. The Morgan fingerprint density at radius 2 is 2.47 bits per heavy atom. The van der Waals surface area contributed by atoms with Crippen LogP contribution in [0.15, 0.2) is 6.20 Å². The smallest absolute Gasteiger partial charge is 0.184 e. The summed E-state index contributed by atoms with van der Waals surface area (Å²) < 4.78 is 5.17. The van der Waals surface area contributed by atoms with Crippen molar-refractivity contribution in [1.82, 2.24) is 4.98 Å². The number of ether oxygens (including phenoxy) is 1. The van der Waals surface area contributed by atoms with Crippen molar-refractivity contribution in [1.29, 1.82) is 0 Å². The number of aromatic nitrogens is 1. The number of carbonyl (C=O) groups is 2. The highest BCUT2D eigenvalue weighted by Gasteiger charge is 2.27. The molecular formula is C11H13NO3. The van der Waals surface area contributed by atoms with Gasteiger partial charge in [-0.2, -0.15) is 0 Å². The number of H-pyrrole nitrogens is 1. The molecule has 1 saturated heterocycles. The van der Waals surface area contributed by atoms with E-state index in [9.17, 15) is 9.59 Å². The third kappa shape index (κ3) is 1.72. The minimum Gasteiger partial charge on any atom is -0.381 e. The Hall–Kier alpha value is -1.42. The SMILES string of the molecule is Cc1c(C=O)c[nH]c1C(=O)C1CCOC1. The normalized spacial score (nSPS) is 20.5. The van der Waals surface area contributed by atoms with E-state index in [0.717, 1.165) is 18.3 Å². The Morgan fingerprint density at radius 1 is 1.67 bits per heavy atom. The minimum absolute atomic E-state index is 0.0538. The van der Waals surface area contributed by atoms with Crippen LogP contribution in [-0.2, 0) is 4.74 Å². The van der Waals surface area contributed by atoms with Gasteiger partial charge in [0.1, 0.15) is 0 Å². The zero-order valence-electron chi connectivity index (χ0n) is 8.58. The highest BCUT2D eigenvalue weighted by Crippen LogP contribution is 2.21. The van der Waals surface area contributed by atoms with Gasteiger partial charge in [0.15, 0.2) is 12.1 Å².